The number of methoxy groups -OCH3 is 1. The molecule has 0 atom stereocenters. The van der Waals surface area contributed by atoms with Crippen LogP contribution in [0, 0.1) is 0 Å². The molecule has 6 heteroatoms. The van der Waals surface area contributed by atoms with Crippen LogP contribution >= 0.6 is 0 Å². The Morgan fingerprint density at radius 3 is 1.57 bits per heavy atom. The van der Waals surface area contributed by atoms with E-state index < -0.39 is 0 Å². The van der Waals surface area contributed by atoms with E-state index in [1.807, 2.05) is 0 Å². The van der Waals surface area contributed by atoms with Crippen molar-refractivity contribution in [3.8, 4) is 17.2 Å². The standard InChI is InChI=1S/C24H17NO5/c1-29-19-8-2-16(3-9-19)24(28)17-4-10-20(11-5-17)30-21-12-6-18(7-13-21)25-22(26)14-15-23(25)27/h2-15H,1H3. The third kappa shape index (κ3) is 3.84. The Hall–Kier alpha value is -4.19. The van der Waals surface area contributed by atoms with Gasteiger partial charge in [0.05, 0.1) is 12.8 Å². The molecule has 0 unspecified atom stereocenters. The Kier molecular flexibility index (Phi) is 5.13. The quantitative estimate of drug-likeness (QED) is 0.460. The van der Waals surface area contributed by atoms with E-state index in [1.54, 1.807) is 79.9 Å². The van der Waals surface area contributed by atoms with Gasteiger partial charge in [-0.25, -0.2) is 4.90 Å². The van der Waals surface area contributed by atoms with E-state index in [9.17, 15) is 14.4 Å². The van der Waals surface area contributed by atoms with Crippen molar-refractivity contribution in [3.63, 3.8) is 0 Å². The van der Waals surface area contributed by atoms with E-state index in [0.717, 1.165) is 4.90 Å². The Bertz CT molecular complexity index is 1110. The van der Waals surface area contributed by atoms with E-state index in [2.05, 4.69) is 0 Å². The number of imide groups is 1. The Morgan fingerprint density at radius 2 is 1.10 bits per heavy atom. The van der Waals surface area contributed by atoms with Gasteiger partial charge in [-0.1, -0.05) is 0 Å². The van der Waals surface area contributed by atoms with E-state index in [1.165, 1.54) is 12.2 Å². The first kappa shape index (κ1) is 19.1. The number of hydrogen-bond acceptors (Lipinski definition) is 5. The van der Waals surface area contributed by atoms with Gasteiger partial charge in [0.15, 0.2) is 5.78 Å². The van der Waals surface area contributed by atoms with Gasteiger partial charge in [0.25, 0.3) is 11.8 Å². The number of benzene rings is 3. The Labute approximate surface area is 173 Å². The van der Waals surface area contributed by atoms with Gasteiger partial charge in [-0.15, -0.1) is 0 Å². The van der Waals surface area contributed by atoms with Crippen LogP contribution in [0.1, 0.15) is 15.9 Å². The highest BCUT2D eigenvalue weighted by Crippen LogP contribution is 2.26. The molecular weight excluding hydrogens is 382 g/mol. The van der Waals surface area contributed by atoms with Gasteiger partial charge >= 0.3 is 0 Å². The molecule has 0 aliphatic carbocycles. The molecule has 0 aromatic heterocycles. The van der Waals surface area contributed by atoms with Gasteiger partial charge in [0.2, 0.25) is 0 Å². The van der Waals surface area contributed by atoms with Crippen LogP contribution in [0.3, 0.4) is 0 Å². The second-order valence-electron chi connectivity index (χ2n) is 6.52. The number of rotatable bonds is 6. The second-order valence-corrected chi connectivity index (χ2v) is 6.52. The summed E-state index contributed by atoms with van der Waals surface area (Å²) >= 11 is 0. The lowest BCUT2D eigenvalue weighted by atomic mass is 10.0. The van der Waals surface area contributed by atoms with Crippen molar-refractivity contribution in [2.24, 2.45) is 0 Å². The van der Waals surface area contributed by atoms with Crippen LogP contribution in [-0.4, -0.2) is 24.7 Å². The van der Waals surface area contributed by atoms with E-state index in [-0.39, 0.29) is 17.6 Å². The van der Waals surface area contributed by atoms with Gasteiger partial charge < -0.3 is 9.47 Å². The summed E-state index contributed by atoms with van der Waals surface area (Å²) in [5.74, 6) is 0.957. The summed E-state index contributed by atoms with van der Waals surface area (Å²) < 4.78 is 10.9. The molecule has 2 amide bonds. The lowest BCUT2D eigenvalue weighted by Gasteiger charge is -2.14. The van der Waals surface area contributed by atoms with Crippen molar-refractivity contribution >= 4 is 23.3 Å². The molecule has 1 aliphatic rings. The summed E-state index contributed by atoms with van der Waals surface area (Å²) in [7, 11) is 1.58. The minimum atomic E-state index is -0.370. The highest BCUT2D eigenvalue weighted by Gasteiger charge is 2.24. The number of anilines is 1. The molecule has 1 heterocycles. The lowest BCUT2D eigenvalue weighted by Crippen LogP contribution is -2.29. The summed E-state index contributed by atoms with van der Waals surface area (Å²) in [6, 6.07) is 20.4. The monoisotopic (exact) mass is 399 g/mol. The van der Waals surface area contributed by atoms with E-state index in [0.29, 0.717) is 34.1 Å². The molecule has 0 saturated carbocycles. The van der Waals surface area contributed by atoms with E-state index >= 15 is 0 Å². The predicted molar refractivity (Wildman–Crippen MR) is 111 cm³/mol. The highest BCUT2D eigenvalue weighted by atomic mass is 16.5. The van der Waals surface area contributed by atoms with Gasteiger partial charge in [-0.05, 0) is 72.8 Å². The predicted octanol–water partition coefficient (Wildman–Crippen LogP) is 4.15. The maximum absolute atomic E-state index is 12.6. The normalized spacial score (nSPS) is 12.9. The maximum Gasteiger partial charge on any atom is 0.258 e. The smallest absolute Gasteiger partial charge is 0.258 e. The van der Waals surface area contributed by atoms with Crippen molar-refractivity contribution < 1.29 is 23.9 Å². The van der Waals surface area contributed by atoms with Crippen molar-refractivity contribution in [1.82, 2.24) is 0 Å². The van der Waals surface area contributed by atoms with Gasteiger partial charge in [0.1, 0.15) is 17.2 Å². The second kappa shape index (κ2) is 8.05. The minimum absolute atomic E-state index is 0.0953. The summed E-state index contributed by atoms with van der Waals surface area (Å²) in [5, 5.41) is 0. The van der Waals surface area contributed by atoms with Crippen molar-refractivity contribution in [1.29, 1.82) is 0 Å². The number of nitrogens with zero attached hydrogens (tertiary/aromatic N) is 1. The number of ketones is 1. The van der Waals surface area contributed by atoms with Crippen LogP contribution in [0.25, 0.3) is 0 Å². The number of hydrogen-bond donors (Lipinski definition) is 0. The van der Waals surface area contributed by atoms with Crippen LogP contribution < -0.4 is 14.4 Å². The lowest BCUT2D eigenvalue weighted by molar-refractivity contribution is -0.119. The molecule has 6 nitrogen and oxygen atoms in total. The largest absolute Gasteiger partial charge is 0.497 e. The third-order valence-corrected chi connectivity index (χ3v) is 4.61. The average Bonchev–Trinajstić information content (AvgIpc) is 3.12. The van der Waals surface area contributed by atoms with Crippen LogP contribution in [0.2, 0.25) is 0 Å². The summed E-state index contributed by atoms with van der Waals surface area (Å²) in [6.07, 6.45) is 2.48. The molecule has 1 aliphatic heterocycles. The fraction of sp³-hybridized carbons (Fsp3) is 0.0417. The summed E-state index contributed by atoms with van der Waals surface area (Å²) in [4.78, 5) is 37.1. The van der Waals surface area contributed by atoms with Crippen molar-refractivity contribution in [2.45, 2.75) is 0 Å². The van der Waals surface area contributed by atoms with Crippen molar-refractivity contribution in [2.75, 3.05) is 12.0 Å². The molecule has 3 aromatic carbocycles. The highest BCUT2D eigenvalue weighted by molar-refractivity contribution is 6.28. The first-order valence-electron chi connectivity index (χ1n) is 9.18. The third-order valence-electron chi connectivity index (χ3n) is 4.61. The number of amides is 2. The van der Waals surface area contributed by atoms with Crippen LogP contribution in [0.5, 0.6) is 17.2 Å². The zero-order valence-electron chi connectivity index (χ0n) is 16.1. The zero-order chi connectivity index (χ0) is 21.1. The molecule has 0 spiro atoms. The molecule has 0 radical (unpaired) electrons. The molecule has 148 valence electrons. The molecule has 4 rings (SSSR count). The SMILES string of the molecule is COc1ccc(C(=O)c2ccc(Oc3ccc(N4C(=O)C=CC4=O)cc3)cc2)cc1. The molecule has 0 bridgehead atoms. The summed E-state index contributed by atoms with van der Waals surface area (Å²) in [5.41, 5.74) is 1.59. The average molecular weight is 399 g/mol. The number of ether oxygens (including phenoxy) is 2. The van der Waals surface area contributed by atoms with E-state index in [4.69, 9.17) is 9.47 Å². The maximum atomic E-state index is 12.6. The summed E-state index contributed by atoms with van der Waals surface area (Å²) in [6.45, 7) is 0. The Balaban J connectivity index is 1.43. The van der Waals surface area contributed by atoms with Crippen LogP contribution in [0.4, 0.5) is 5.69 Å². The molecular formula is C24H17NO5. The van der Waals surface area contributed by atoms with Crippen molar-refractivity contribution in [3.05, 3.63) is 96.1 Å². The van der Waals surface area contributed by atoms with Gasteiger partial charge in [-0.3, -0.25) is 14.4 Å². The molecule has 0 saturated heterocycles. The van der Waals surface area contributed by atoms with Crippen LogP contribution in [0.15, 0.2) is 84.9 Å². The van der Waals surface area contributed by atoms with Gasteiger partial charge in [-0.2, -0.15) is 0 Å². The van der Waals surface area contributed by atoms with Crippen LogP contribution in [-0.2, 0) is 9.59 Å². The topological polar surface area (TPSA) is 72.9 Å². The number of carbonyl (C=O) groups is 3. The zero-order valence-corrected chi connectivity index (χ0v) is 16.1. The molecule has 0 N–H and O–H groups in total. The molecule has 0 fully saturated rings. The fourth-order valence-electron chi connectivity index (χ4n) is 3.04. The first-order valence-corrected chi connectivity index (χ1v) is 9.18. The number of carbonyl (C=O) groups excluding carboxylic acids is 3. The molecule has 30 heavy (non-hydrogen) atoms. The molecule has 3 aromatic rings. The minimum Gasteiger partial charge on any atom is -0.497 e. The van der Waals surface area contributed by atoms with Gasteiger partial charge in [0, 0.05) is 23.3 Å². The fourth-order valence-corrected chi connectivity index (χ4v) is 3.04. The first-order chi connectivity index (χ1) is 14.5. The Morgan fingerprint density at radius 1 is 0.667 bits per heavy atom.